The van der Waals surface area contributed by atoms with Crippen molar-refractivity contribution in [3.63, 3.8) is 0 Å². The van der Waals surface area contributed by atoms with E-state index in [1.165, 1.54) is 4.68 Å². The number of carbonyl (C=O) groups is 1. The van der Waals surface area contributed by atoms with Crippen LogP contribution in [0.2, 0.25) is 10.0 Å². The Bertz CT molecular complexity index is 941. The second-order valence-electron chi connectivity index (χ2n) is 5.38. The average Bonchev–Trinajstić information content (AvgIpc) is 3.19. The molecule has 10 heteroatoms. The van der Waals surface area contributed by atoms with Crippen LogP contribution in [0, 0.1) is 0 Å². The summed E-state index contributed by atoms with van der Waals surface area (Å²) < 4.78 is 8.82. The van der Waals surface area contributed by atoms with Crippen LogP contribution in [-0.4, -0.2) is 32.6 Å². The van der Waals surface area contributed by atoms with Crippen LogP contribution in [0.3, 0.4) is 0 Å². The largest absolute Gasteiger partial charge is 0.362 e. The molecule has 26 heavy (non-hydrogen) atoms. The second-order valence-corrected chi connectivity index (χ2v) is 7.05. The third-order valence-corrected chi connectivity index (χ3v) is 4.73. The highest BCUT2D eigenvalue weighted by molar-refractivity contribution is 9.10. The van der Waals surface area contributed by atoms with Crippen molar-refractivity contribution < 1.29 is 9.53 Å². The van der Waals surface area contributed by atoms with Crippen molar-refractivity contribution in [2.75, 3.05) is 12.4 Å². The molecule has 0 saturated carbocycles. The Morgan fingerprint density at radius 1 is 1.23 bits per heavy atom. The van der Waals surface area contributed by atoms with E-state index >= 15 is 0 Å². The van der Waals surface area contributed by atoms with E-state index in [1.807, 2.05) is 6.07 Å². The van der Waals surface area contributed by atoms with E-state index in [0.717, 1.165) is 5.56 Å². The highest BCUT2D eigenvalue weighted by Crippen LogP contribution is 2.25. The van der Waals surface area contributed by atoms with Crippen LogP contribution in [-0.2, 0) is 18.0 Å². The van der Waals surface area contributed by atoms with Gasteiger partial charge < -0.3 is 10.1 Å². The number of benzene rings is 1. The fourth-order valence-corrected chi connectivity index (χ4v) is 2.98. The third kappa shape index (κ3) is 4.45. The highest BCUT2D eigenvalue weighted by atomic mass is 79.9. The van der Waals surface area contributed by atoms with E-state index in [2.05, 4.69) is 31.4 Å². The molecule has 2 heterocycles. The van der Waals surface area contributed by atoms with Gasteiger partial charge in [0.15, 0.2) is 11.5 Å². The predicted molar refractivity (Wildman–Crippen MR) is 103 cm³/mol. The number of amides is 1. The number of nitrogens with one attached hydrogen (secondary N) is 1. The molecule has 3 aromatic rings. The molecule has 2 aromatic heterocycles. The molecule has 1 amide bonds. The van der Waals surface area contributed by atoms with Gasteiger partial charge >= 0.3 is 0 Å². The van der Waals surface area contributed by atoms with Gasteiger partial charge in [-0.3, -0.25) is 9.48 Å². The van der Waals surface area contributed by atoms with E-state index in [1.54, 1.807) is 42.4 Å². The molecule has 0 spiro atoms. The maximum absolute atomic E-state index is 12.3. The van der Waals surface area contributed by atoms with Crippen molar-refractivity contribution in [3.05, 3.63) is 62.4 Å². The fraction of sp³-hybridized carbons (Fsp3) is 0.188. The average molecular weight is 459 g/mol. The minimum absolute atomic E-state index is 0.271. The van der Waals surface area contributed by atoms with Gasteiger partial charge in [-0.05, 0) is 39.7 Å². The van der Waals surface area contributed by atoms with Gasteiger partial charge in [0.05, 0.1) is 21.1 Å². The van der Waals surface area contributed by atoms with Crippen molar-refractivity contribution in [2.45, 2.75) is 13.3 Å². The number of carbonyl (C=O) groups excluding carboxylic acids is 1. The first-order valence-electron chi connectivity index (χ1n) is 7.47. The molecule has 3 rings (SSSR count). The first-order chi connectivity index (χ1) is 12.5. The Balaban J connectivity index is 1.70. The maximum atomic E-state index is 12.3. The van der Waals surface area contributed by atoms with Gasteiger partial charge in [-0.15, -0.1) is 0 Å². The topological polar surface area (TPSA) is 74.0 Å². The molecule has 0 aliphatic rings. The Labute approximate surface area is 168 Å². The van der Waals surface area contributed by atoms with Crippen LogP contribution in [0.1, 0.15) is 16.1 Å². The molecule has 1 aromatic carbocycles. The zero-order valence-corrected chi connectivity index (χ0v) is 16.7. The lowest BCUT2D eigenvalue weighted by Crippen LogP contribution is -2.14. The first-order valence-corrected chi connectivity index (χ1v) is 9.02. The van der Waals surface area contributed by atoms with E-state index in [0.29, 0.717) is 26.9 Å². The van der Waals surface area contributed by atoms with Crippen LogP contribution in [0.15, 0.2) is 41.1 Å². The molecular formula is C16H14BrCl2N5O2. The minimum Gasteiger partial charge on any atom is -0.362 e. The van der Waals surface area contributed by atoms with Gasteiger partial charge in [-0.25, -0.2) is 4.68 Å². The van der Waals surface area contributed by atoms with Gasteiger partial charge in [0.1, 0.15) is 6.73 Å². The Hall–Kier alpha value is -1.87. The number of ether oxygens (including phenoxy) is 1. The molecular weight excluding hydrogens is 445 g/mol. The van der Waals surface area contributed by atoms with Crippen molar-refractivity contribution in [2.24, 2.45) is 0 Å². The number of rotatable bonds is 6. The Morgan fingerprint density at radius 3 is 2.77 bits per heavy atom. The van der Waals surface area contributed by atoms with Crippen LogP contribution < -0.4 is 5.32 Å². The summed E-state index contributed by atoms with van der Waals surface area (Å²) in [6.07, 6.45) is 3.43. The molecule has 136 valence electrons. The van der Waals surface area contributed by atoms with Crippen LogP contribution in [0.5, 0.6) is 0 Å². The molecule has 0 unspecified atom stereocenters. The standard InChI is InChI=1S/C16H14BrCl2N5O2/c1-26-9-23-5-4-14(21-23)16(25)20-15-11(17)8-24(22-15)7-10-2-3-12(18)13(19)6-10/h2-6,8H,7,9H2,1H3,(H,20,22,25). The van der Waals surface area contributed by atoms with E-state index < -0.39 is 0 Å². The molecule has 0 aliphatic carbocycles. The van der Waals surface area contributed by atoms with Gasteiger partial charge in [-0.1, -0.05) is 29.3 Å². The minimum atomic E-state index is -0.361. The molecule has 0 radical (unpaired) electrons. The van der Waals surface area contributed by atoms with Gasteiger partial charge in [0.25, 0.3) is 5.91 Å². The summed E-state index contributed by atoms with van der Waals surface area (Å²) in [6.45, 7) is 0.753. The fourth-order valence-electron chi connectivity index (χ4n) is 2.25. The van der Waals surface area contributed by atoms with Gasteiger partial charge in [0.2, 0.25) is 0 Å². The maximum Gasteiger partial charge on any atom is 0.277 e. The lowest BCUT2D eigenvalue weighted by atomic mass is 10.2. The number of anilines is 1. The third-order valence-electron chi connectivity index (χ3n) is 3.41. The molecule has 7 nitrogen and oxygen atoms in total. The van der Waals surface area contributed by atoms with Crippen molar-refractivity contribution in [3.8, 4) is 0 Å². The zero-order valence-electron chi connectivity index (χ0n) is 13.6. The molecule has 1 N–H and O–H groups in total. The van der Waals surface area contributed by atoms with Crippen molar-refractivity contribution in [1.29, 1.82) is 0 Å². The lowest BCUT2D eigenvalue weighted by molar-refractivity contribution is 0.101. The molecule has 0 aliphatic heterocycles. The molecule has 0 saturated heterocycles. The molecule has 0 fully saturated rings. The predicted octanol–water partition coefficient (Wildman–Crippen LogP) is 4.05. The van der Waals surface area contributed by atoms with Crippen LogP contribution in [0.4, 0.5) is 5.82 Å². The quantitative estimate of drug-likeness (QED) is 0.604. The van der Waals surface area contributed by atoms with Crippen molar-refractivity contribution >= 4 is 50.9 Å². The van der Waals surface area contributed by atoms with Gasteiger partial charge in [0, 0.05) is 19.5 Å². The summed E-state index contributed by atoms with van der Waals surface area (Å²) in [7, 11) is 1.55. The number of methoxy groups -OCH3 is 1. The van der Waals surface area contributed by atoms with Crippen LogP contribution >= 0.6 is 39.1 Å². The normalized spacial score (nSPS) is 10.9. The van der Waals surface area contributed by atoms with E-state index in [4.69, 9.17) is 27.9 Å². The SMILES string of the molecule is COCn1ccc(C(=O)Nc2nn(Cc3ccc(Cl)c(Cl)c3)cc2Br)n1. The van der Waals surface area contributed by atoms with E-state index in [-0.39, 0.29) is 18.3 Å². The Kier molecular flexibility index (Phi) is 5.98. The summed E-state index contributed by atoms with van der Waals surface area (Å²) in [6, 6.07) is 6.98. The van der Waals surface area contributed by atoms with Gasteiger partial charge in [-0.2, -0.15) is 10.2 Å². The summed E-state index contributed by atoms with van der Waals surface area (Å²) in [5, 5.41) is 12.2. The first kappa shape index (κ1) is 18.9. The Morgan fingerprint density at radius 2 is 2.04 bits per heavy atom. The lowest BCUT2D eigenvalue weighted by Gasteiger charge is -2.04. The summed E-state index contributed by atoms with van der Waals surface area (Å²) in [4.78, 5) is 12.3. The van der Waals surface area contributed by atoms with Crippen LogP contribution in [0.25, 0.3) is 0 Å². The number of hydrogen-bond acceptors (Lipinski definition) is 4. The number of nitrogens with zero attached hydrogens (tertiary/aromatic N) is 4. The number of halogens is 3. The zero-order chi connectivity index (χ0) is 18.7. The number of aromatic nitrogens is 4. The number of hydrogen-bond donors (Lipinski definition) is 1. The van der Waals surface area contributed by atoms with Crippen molar-refractivity contribution in [1.82, 2.24) is 19.6 Å². The molecule has 0 atom stereocenters. The van der Waals surface area contributed by atoms with E-state index in [9.17, 15) is 4.79 Å². The highest BCUT2D eigenvalue weighted by Gasteiger charge is 2.14. The summed E-state index contributed by atoms with van der Waals surface area (Å²) >= 11 is 15.4. The smallest absolute Gasteiger partial charge is 0.277 e. The second kappa shape index (κ2) is 8.22. The monoisotopic (exact) mass is 457 g/mol. The molecule has 0 bridgehead atoms. The summed E-state index contributed by atoms with van der Waals surface area (Å²) in [5.41, 5.74) is 1.21. The summed E-state index contributed by atoms with van der Waals surface area (Å²) in [5.74, 6) is 0.0386.